The highest BCUT2D eigenvalue weighted by molar-refractivity contribution is 5.65. The normalized spacial score (nSPS) is 11.9. The van der Waals surface area contributed by atoms with E-state index in [1.807, 2.05) is 31.2 Å². The number of amides is 1. The summed E-state index contributed by atoms with van der Waals surface area (Å²) in [7, 11) is 1.56. The summed E-state index contributed by atoms with van der Waals surface area (Å²) in [6.07, 6.45) is 0.910. The van der Waals surface area contributed by atoms with E-state index in [0.717, 1.165) is 17.4 Å². The van der Waals surface area contributed by atoms with Gasteiger partial charge < -0.3 is 14.6 Å². The van der Waals surface area contributed by atoms with Crippen molar-refractivity contribution in [3.05, 3.63) is 35.4 Å². The van der Waals surface area contributed by atoms with Crippen molar-refractivity contribution in [2.45, 2.75) is 32.4 Å². The Hall–Kier alpha value is -1.88. The van der Waals surface area contributed by atoms with Crippen LogP contribution in [0.2, 0.25) is 0 Å². The maximum Gasteiger partial charge on any atom is 0.407 e. The molecule has 0 saturated heterocycles. The maximum absolute atomic E-state index is 11.4. The van der Waals surface area contributed by atoms with Crippen LogP contribution >= 0.6 is 0 Å². The summed E-state index contributed by atoms with van der Waals surface area (Å²) in [5.74, 6) is 0. The third kappa shape index (κ3) is 4.66. The third-order valence-corrected chi connectivity index (χ3v) is 3.18. The third-order valence-electron chi connectivity index (χ3n) is 3.18. The number of carboxylic acid groups (broad SMARTS) is 1. The topological polar surface area (TPSA) is 66.8 Å². The summed E-state index contributed by atoms with van der Waals surface area (Å²) in [6.45, 7) is 2.60. The molecule has 0 aromatic heterocycles. The Balaban J connectivity index is 2.86. The van der Waals surface area contributed by atoms with Crippen molar-refractivity contribution in [2.24, 2.45) is 0 Å². The Kier molecular flexibility index (Phi) is 6.73. The van der Waals surface area contributed by atoms with E-state index in [4.69, 9.17) is 4.74 Å². The van der Waals surface area contributed by atoms with E-state index in [9.17, 15) is 14.7 Å². The second-order valence-corrected chi connectivity index (χ2v) is 4.62. The molecule has 0 bridgehead atoms. The Labute approximate surface area is 119 Å². The van der Waals surface area contributed by atoms with Crippen molar-refractivity contribution in [2.75, 3.05) is 13.7 Å². The Morgan fingerprint density at radius 2 is 2.15 bits per heavy atom. The SMILES string of the molecule is CCC(COC)N(Cc1cccc(CC=O)c1)C(=O)O. The Bertz CT molecular complexity index is 447. The van der Waals surface area contributed by atoms with Gasteiger partial charge in [-0.25, -0.2) is 4.79 Å². The maximum atomic E-state index is 11.4. The van der Waals surface area contributed by atoms with Crippen LogP contribution in [0.15, 0.2) is 24.3 Å². The minimum atomic E-state index is -0.963. The van der Waals surface area contributed by atoms with E-state index >= 15 is 0 Å². The number of hydrogen-bond donors (Lipinski definition) is 1. The molecule has 0 aliphatic heterocycles. The van der Waals surface area contributed by atoms with Crippen molar-refractivity contribution in [3.8, 4) is 0 Å². The lowest BCUT2D eigenvalue weighted by Gasteiger charge is -2.28. The van der Waals surface area contributed by atoms with Gasteiger partial charge in [0, 0.05) is 20.1 Å². The molecular formula is C15H21NO4. The van der Waals surface area contributed by atoms with Gasteiger partial charge in [0.05, 0.1) is 12.6 Å². The number of aldehydes is 1. The molecule has 1 N–H and O–H groups in total. The highest BCUT2D eigenvalue weighted by atomic mass is 16.5. The minimum absolute atomic E-state index is 0.174. The number of hydrogen-bond acceptors (Lipinski definition) is 3. The van der Waals surface area contributed by atoms with Gasteiger partial charge in [-0.1, -0.05) is 31.2 Å². The summed E-state index contributed by atoms with van der Waals surface area (Å²) < 4.78 is 5.07. The molecule has 20 heavy (non-hydrogen) atoms. The molecule has 0 spiro atoms. The van der Waals surface area contributed by atoms with Gasteiger partial charge in [0.15, 0.2) is 0 Å². The lowest BCUT2D eigenvalue weighted by molar-refractivity contribution is -0.107. The van der Waals surface area contributed by atoms with Gasteiger partial charge in [-0.15, -0.1) is 0 Å². The largest absolute Gasteiger partial charge is 0.465 e. The number of benzene rings is 1. The van der Waals surface area contributed by atoms with Gasteiger partial charge in [-0.2, -0.15) is 0 Å². The highest BCUT2D eigenvalue weighted by Gasteiger charge is 2.21. The van der Waals surface area contributed by atoms with E-state index in [0.29, 0.717) is 26.0 Å². The lowest BCUT2D eigenvalue weighted by atomic mass is 10.1. The van der Waals surface area contributed by atoms with Crippen LogP contribution in [0.4, 0.5) is 4.79 Å². The van der Waals surface area contributed by atoms with Crippen LogP contribution in [-0.4, -0.2) is 42.1 Å². The molecule has 0 saturated carbocycles. The predicted molar refractivity (Wildman–Crippen MR) is 75.7 cm³/mol. The molecule has 110 valence electrons. The quantitative estimate of drug-likeness (QED) is 0.742. The van der Waals surface area contributed by atoms with Crippen LogP contribution in [0.25, 0.3) is 0 Å². The van der Waals surface area contributed by atoms with Crippen molar-refractivity contribution >= 4 is 12.4 Å². The van der Waals surface area contributed by atoms with Gasteiger partial charge in [-0.05, 0) is 17.5 Å². The van der Waals surface area contributed by atoms with E-state index in [-0.39, 0.29) is 6.04 Å². The number of ether oxygens (including phenoxy) is 1. The molecule has 0 aliphatic rings. The molecule has 0 aliphatic carbocycles. The zero-order chi connectivity index (χ0) is 15.0. The molecule has 1 unspecified atom stereocenters. The Morgan fingerprint density at radius 1 is 1.45 bits per heavy atom. The number of methoxy groups -OCH3 is 1. The summed E-state index contributed by atoms with van der Waals surface area (Å²) in [5.41, 5.74) is 1.77. The first-order chi connectivity index (χ1) is 9.62. The van der Waals surface area contributed by atoms with Crippen LogP contribution in [0.3, 0.4) is 0 Å². The first-order valence-corrected chi connectivity index (χ1v) is 6.62. The molecule has 0 heterocycles. The fourth-order valence-corrected chi connectivity index (χ4v) is 2.12. The van der Waals surface area contributed by atoms with Crippen molar-refractivity contribution in [1.29, 1.82) is 0 Å². The van der Waals surface area contributed by atoms with Crippen LogP contribution < -0.4 is 0 Å². The fraction of sp³-hybridized carbons (Fsp3) is 0.467. The number of carbonyl (C=O) groups is 2. The van der Waals surface area contributed by atoms with Crippen LogP contribution in [0, 0.1) is 0 Å². The van der Waals surface area contributed by atoms with Crippen LogP contribution in [-0.2, 0) is 22.5 Å². The van der Waals surface area contributed by atoms with Gasteiger partial charge in [0.1, 0.15) is 6.29 Å². The first kappa shape index (κ1) is 16.2. The van der Waals surface area contributed by atoms with E-state index in [1.54, 1.807) is 7.11 Å². The number of nitrogens with zero attached hydrogens (tertiary/aromatic N) is 1. The van der Waals surface area contributed by atoms with E-state index in [2.05, 4.69) is 0 Å². The van der Waals surface area contributed by atoms with Gasteiger partial charge in [0.25, 0.3) is 0 Å². The van der Waals surface area contributed by atoms with Crippen molar-refractivity contribution < 1.29 is 19.4 Å². The standard InChI is InChI=1S/C15H21NO4/c1-3-14(11-20-2)16(15(18)19)10-13-6-4-5-12(9-13)7-8-17/h4-6,8-9,14H,3,7,10-11H2,1-2H3,(H,18,19). The zero-order valence-electron chi connectivity index (χ0n) is 11.9. The molecule has 1 atom stereocenters. The zero-order valence-corrected chi connectivity index (χ0v) is 11.9. The Morgan fingerprint density at radius 3 is 2.70 bits per heavy atom. The van der Waals surface area contributed by atoms with Gasteiger partial charge >= 0.3 is 6.09 Å². The molecule has 1 aromatic carbocycles. The fourth-order valence-electron chi connectivity index (χ4n) is 2.12. The molecule has 5 heteroatoms. The number of carbonyl (C=O) groups excluding carboxylic acids is 1. The predicted octanol–water partition coefficient (Wildman–Crippen LogP) is 2.33. The molecule has 0 radical (unpaired) electrons. The minimum Gasteiger partial charge on any atom is -0.465 e. The second-order valence-electron chi connectivity index (χ2n) is 4.62. The average molecular weight is 279 g/mol. The van der Waals surface area contributed by atoms with E-state index in [1.165, 1.54) is 4.90 Å². The van der Waals surface area contributed by atoms with Crippen LogP contribution in [0.1, 0.15) is 24.5 Å². The molecular weight excluding hydrogens is 258 g/mol. The second kappa shape index (κ2) is 8.32. The molecule has 5 nitrogen and oxygen atoms in total. The molecule has 1 rings (SSSR count). The van der Waals surface area contributed by atoms with Crippen molar-refractivity contribution in [1.82, 2.24) is 4.90 Å². The first-order valence-electron chi connectivity index (χ1n) is 6.62. The summed E-state index contributed by atoms with van der Waals surface area (Å²) in [4.78, 5) is 23.3. The average Bonchev–Trinajstić information content (AvgIpc) is 2.43. The summed E-state index contributed by atoms with van der Waals surface area (Å²) >= 11 is 0. The smallest absolute Gasteiger partial charge is 0.407 e. The highest BCUT2D eigenvalue weighted by Crippen LogP contribution is 2.13. The van der Waals surface area contributed by atoms with Gasteiger partial charge in [0.2, 0.25) is 0 Å². The number of rotatable bonds is 8. The molecule has 1 aromatic rings. The van der Waals surface area contributed by atoms with Crippen LogP contribution in [0.5, 0.6) is 0 Å². The molecule has 1 amide bonds. The molecule has 0 fully saturated rings. The lowest BCUT2D eigenvalue weighted by Crippen LogP contribution is -2.41. The summed E-state index contributed by atoms with van der Waals surface area (Å²) in [5, 5.41) is 9.35. The van der Waals surface area contributed by atoms with Gasteiger partial charge in [-0.3, -0.25) is 4.90 Å². The van der Waals surface area contributed by atoms with E-state index < -0.39 is 6.09 Å². The van der Waals surface area contributed by atoms with Crippen molar-refractivity contribution in [3.63, 3.8) is 0 Å². The summed E-state index contributed by atoms with van der Waals surface area (Å²) in [6, 6.07) is 7.25. The monoisotopic (exact) mass is 279 g/mol.